The molecule has 1 aliphatic rings. The third kappa shape index (κ3) is 3.85. The van der Waals surface area contributed by atoms with Gasteiger partial charge in [-0.2, -0.15) is 0 Å². The Labute approximate surface area is 121 Å². The largest absolute Gasteiger partial charge is 0.341 e. The molecule has 2 N–H and O–H groups in total. The smallest absolute Gasteiger partial charge is 0.253 e. The Bertz CT molecular complexity index is 504. The monoisotopic (exact) mass is 270 g/mol. The Morgan fingerprint density at radius 3 is 2.55 bits per heavy atom. The number of nitrogens with two attached hydrogens (primary N) is 1. The third-order valence-electron chi connectivity index (χ3n) is 3.82. The molecule has 1 aromatic rings. The van der Waals surface area contributed by atoms with E-state index in [9.17, 15) is 4.79 Å². The van der Waals surface area contributed by atoms with Gasteiger partial charge >= 0.3 is 0 Å². The van der Waals surface area contributed by atoms with Crippen LogP contribution in [0.4, 0.5) is 0 Å². The van der Waals surface area contributed by atoms with Gasteiger partial charge in [-0.25, -0.2) is 0 Å². The number of benzene rings is 1. The normalized spacial score (nSPS) is 14.7. The first-order valence-electron chi connectivity index (χ1n) is 7.25. The second-order valence-corrected chi connectivity index (χ2v) is 5.42. The molecule has 0 aromatic heterocycles. The van der Waals surface area contributed by atoms with Crippen LogP contribution in [-0.2, 0) is 0 Å². The fourth-order valence-electron chi connectivity index (χ4n) is 2.73. The van der Waals surface area contributed by atoms with Crippen LogP contribution >= 0.6 is 0 Å². The van der Waals surface area contributed by atoms with Crippen molar-refractivity contribution in [2.45, 2.75) is 25.7 Å². The lowest BCUT2D eigenvalue weighted by Crippen LogP contribution is -2.31. The first-order chi connectivity index (χ1) is 9.70. The van der Waals surface area contributed by atoms with Crippen LogP contribution in [0.15, 0.2) is 24.3 Å². The van der Waals surface area contributed by atoms with Gasteiger partial charge < -0.3 is 10.6 Å². The lowest BCUT2D eigenvalue weighted by molar-refractivity contribution is 0.0773. The predicted octanol–water partition coefficient (Wildman–Crippen LogP) is 2.26. The highest BCUT2D eigenvalue weighted by Gasteiger charge is 2.20. The number of rotatable bonds is 3. The molecule has 0 spiro atoms. The zero-order valence-electron chi connectivity index (χ0n) is 12.1. The maximum atomic E-state index is 12.3. The van der Waals surface area contributed by atoms with Crippen molar-refractivity contribution >= 4 is 5.91 Å². The van der Waals surface area contributed by atoms with Gasteiger partial charge in [0, 0.05) is 24.7 Å². The van der Waals surface area contributed by atoms with Crippen LogP contribution in [-0.4, -0.2) is 30.9 Å². The molecule has 0 aliphatic heterocycles. The van der Waals surface area contributed by atoms with E-state index in [0.717, 1.165) is 17.7 Å². The first-order valence-corrected chi connectivity index (χ1v) is 7.25. The van der Waals surface area contributed by atoms with Crippen molar-refractivity contribution in [3.8, 4) is 11.8 Å². The van der Waals surface area contributed by atoms with Crippen molar-refractivity contribution < 1.29 is 4.79 Å². The maximum Gasteiger partial charge on any atom is 0.253 e. The van der Waals surface area contributed by atoms with E-state index in [2.05, 4.69) is 11.8 Å². The maximum absolute atomic E-state index is 12.3. The van der Waals surface area contributed by atoms with Crippen LogP contribution in [0.2, 0.25) is 0 Å². The molecule has 1 aliphatic carbocycles. The van der Waals surface area contributed by atoms with E-state index < -0.39 is 0 Å². The summed E-state index contributed by atoms with van der Waals surface area (Å²) in [6.45, 7) is 1.22. The molecule has 106 valence electrons. The second kappa shape index (κ2) is 7.12. The van der Waals surface area contributed by atoms with Crippen LogP contribution in [0.3, 0.4) is 0 Å². The predicted molar refractivity (Wildman–Crippen MR) is 81.3 cm³/mol. The molecular formula is C17H22N2O. The minimum atomic E-state index is 0.0928. The Kier molecular flexibility index (Phi) is 5.20. The number of hydrogen-bond donors (Lipinski definition) is 1. The molecule has 0 saturated heterocycles. The quantitative estimate of drug-likeness (QED) is 0.856. The van der Waals surface area contributed by atoms with E-state index in [1.807, 2.05) is 36.2 Å². The lowest BCUT2D eigenvalue weighted by atomic mass is 10.1. The summed E-state index contributed by atoms with van der Waals surface area (Å²) < 4.78 is 0. The van der Waals surface area contributed by atoms with E-state index in [1.165, 1.54) is 25.7 Å². The summed E-state index contributed by atoms with van der Waals surface area (Å²) in [6.07, 6.45) is 5.12. The number of amides is 1. The lowest BCUT2D eigenvalue weighted by Gasteiger charge is -2.21. The summed E-state index contributed by atoms with van der Waals surface area (Å²) in [7, 11) is 1.89. The van der Waals surface area contributed by atoms with Crippen molar-refractivity contribution in [3.05, 3.63) is 35.4 Å². The SMILES string of the molecule is CN(CC1CCCC1)C(=O)c1ccc(C#CCN)cc1. The van der Waals surface area contributed by atoms with Crippen molar-refractivity contribution in [3.63, 3.8) is 0 Å². The van der Waals surface area contributed by atoms with Crippen molar-refractivity contribution in [2.75, 3.05) is 20.1 Å². The molecule has 20 heavy (non-hydrogen) atoms. The van der Waals surface area contributed by atoms with Gasteiger partial charge in [0.15, 0.2) is 0 Å². The van der Waals surface area contributed by atoms with Gasteiger partial charge in [-0.3, -0.25) is 4.79 Å². The molecule has 0 radical (unpaired) electrons. The number of nitrogens with zero attached hydrogens (tertiary/aromatic N) is 1. The van der Waals surface area contributed by atoms with E-state index >= 15 is 0 Å². The number of carbonyl (C=O) groups is 1. The van der Waals surface area contributed by atoms with Crippen LogP contribution in [0, 0.1) is 17.8 Å². The average molecular weight is 270 g/mol. The molecule has 1 aromatic carbocycles. The van der Waals surface area contributed by atoms with Crippen molar-refractivity contribution in [1.82, 2.24) is 4.90 Å². The third-order valence-corrected chi connectivity index (χ3v) is 3.82. The van der Waals surface area contributed by atoms with Crippen molar-refractivity contribution in [2.24, 2.45) is 11.7 Å². The molecule has 1 amide bonds. The molecule has 0 atom stereocenters. The van der Waals surface area contributed by atoms with Crippen molar-refractivity contribution in [1.29, 1.82) is 0 Å². The number of carbonyl (C=O) groups excluding carboxylic acids is 1. The standard InChI is InChI=1S/C17H22N2O/c1-19(13-15-5-2-3-6-15)17(20)16-10-8-14(9-11-16)7-4-12-18/h8-11,15H,2-3,5-6,12-13,18H2,1H3. The second-order valence-electron chi connectivity index (χ2n) is 5.42. The van der Waals surface area contributed by atoms with E-state index in [0.29, 0.717) is 12.5 Å². The zero-order valence-corrected chi connectivity index (χ0v) is 12.1. The minimum Gasteiger partial charge on any atom is -0.341 e. The van der Waals surface area contributed by atoms with Gasteiger partial charge in [0.2, 0.25) is 0 Å². The van der Waals surface area contributed by atoms with Gasteiger partial charge in [0.05, 0.1) is 6.54 Å². The van der Waals surface area contributed by atoms with E-state index in [1.54, 1.807) is 0 Å². The summed E-state index contributed by atoms with van der Waals surface area (Å²) in [4.78, 5) is 14.2. The molecule has 0 unspecified atom stereocenters. The molecule has 3 nitrogen and oxygen atoms in total. The Hall–Kier alpha value is -1.79. The summed E-state index contributed by atoms with van der Waals surface area (Å²) in [5.41, 5.74) is 6.96. The van der Waals surface area contributed by atoms with Gasteiger partial charge in [-0.15, -0.1) is 0 Å². The summed E-state index contributed by atoms with van der Waals surface area (Å²) in [5.74, 6) is 6.54. The van der Waals surface area contributed by atoms with Crippen LogP contribution in [0.5, 0.6) is 0 Å². The van der Waals surface area contributed by atoms with Gasteiger partial charge in [0.1, 0.15) is 0 Å². The van der Waals surface area contributed by atoms with E-state index in [-0.39, 0.29) is 5.91 Å². The molecular weight excluding hydrogens is 248 g/mol. The van der Waals surface area contributed by atoms with E-state index in [4.69, 9.17) is 5.73 Å². The first kappa shape index (κ1) is 14.6. The minimum absolute atomic E-state index is 0.0928. The molecule has 0 heterocycles. The van der Waals surface area contributed by atoms with Crippen LogP contribution in [0.1, 0.15) is 41.6 Å². The zero-order chi connectivity index (χ0) is 14.4. The van der Waals surface area contributed by atoms with Crippen LogP contribution < -0.4 is 5.73 Å². The highest BCUT2D eigenvalue weighted by molar-refractivity contribution is 5.94. The van der Waals surface area contributed by atoms with Gasteiger partial charge in [0.25, 0.3) is 5.91 Å². The molecule has 1 fully saturated rings. The fourth-order valence-corrected chi connectivity index (χ4v) is 2.73. The fraction of sp³-hybridized carbons (Fsp3) is 0.471. The molecule has 3 heteroatoms. The van der Waals surface area contributed by atoms with Gasteiger partial charge in [-0.1, -0.05) is 24.7 Å². The Morgan fingerprint density at radius 2 is 1.95 bits per heavy atom. The highest BCUT2D eigenvalue weighted by atomic mass is 16.2. The number of hydrogen-bond acceptors (Lipinski definition) is 2. The average Bonchev–Trinajstić information content (AvgIpc) is 2.97. The topological polar surface area (TPSA) is 46.3 Å². The summed E-state index contributed by atoms with van der Waals surface area (Å²) in [6, 6.07) is 7.43. The molecule has 0 bridgehead atoms. The highest BCUT2D eigenvalue weighted by Crippen LogP contribution is 2.25. The Morgan fingerprint density at radius 1 is 1.30 bits per heavy atom. The Balaban J connectivity index is 1.97. The van der Waals surface area contributed by atoms with Crippen LogP contribution in [0.25, 0.3) is 0 Å². The molecule has 2 rings (SSSR count). The molecule has 1 saturated carbocycles. The van der Waals surface area contributed by atoms with Gasteiger partial charge in [-0.05, 0) is 43.0 Å². The summed E-state index contributed by atoms with van der Waals surface area (Å²) >= 11 is 0. The summed E-state index contributed by atoms with van der Waals surface area (Å²) in [5, 5.41) is 0.